The van der Waals surface area contributed by atoms with Crippen molar-refractivity contribution in [1.29, 1.82) is 0 Å². The predicted molar refractivity (Wildman–Crippen MR) is 98.4 cm³/mol. The second kappa shape index (κ2) is 6.72. The zero-order valence-corrected chi connectivity index (χ0v) is 15.0. The van der Waals surface area contributed by atoms with E-state index in [1.54, 1.807) is 19.2 Å². The van der Waals surface area contributed by atoms with Crippen molar-refractivity contribution in [2.45, 2.75) is 37.6 Å². The van der Waals surface area contributed by atoms with Crippen molar-refractivity contribution in [1.82, 2.24) is 20.2 Å². The first-order valence-electron chi connectivity index (χ1n) is 9.18. The molecule has 4 rings (SSSR count). The number of β-lactam (4-membered cyclic amide) rings is 1. The second-order valence-electron chi connectivity index (χ2n) is 7.32. The molecule has 2 aromatic rings. The van der Waals surface area contributed by atoms with Crippen LogP contribution in [0.15, 0.2) is 23.0 Å². The van der Waals surface area contributed by atoms with Gasteiger partial charge in [0.2, 0.25) is 5.91 Å². The number of hydrogen-bond donors (Lipinski definition) is 2. The maximum absolute atomic E-state index is 12.3. The summed E-state index contributed by atoms with van der Waals surface area (Å²) in [4.78, 5) is 33.4. The Hall–Kier alpha value is -2.41. The molecule has 0 unspecified atom stereocenters. The number of aromatic amines is 1. The summed E-state index contributed by atoms with van der Waals surface area (Å²) in [6, 6.07) is 5.38. The normalized spacial score (nSPS) is 19.3. The standard InChI is InChI=1S/C19H24N4O3/c1-26-14-5-2-4-13-17(14)20-15(21-18(13)25)6-3-9-23-10-7-19(8-11-23)12-16(24)22-19/h2,4-5H,3,6-12H2,1H3,(H,22,24)(H,20,21,25). The summed E-state index contributed by atoms with van der Waals surface area (Å²) < 4.78 is 5.33. The highest BCUT2D eigenvalue weighted by atomic mass is 16.5. The summed E-state index contributed by atoms with van der Waals surface area (Å²) in [5, 5.41) is 3.62. The van der Waals surface area contributed by atoms with E-state index in [0.717, 1.165) is 45.3 Å². The average Bonchev–Trinajstić information content (AvgIpc) is 2.62. The van der Waals surface area contributed by atoms with Crippen LogP contribution in [-0.4, -0.2) is 53.1 Å². The van der Waals surface area contributed by atoms with Gasteiger partial charge in [0.05, 0.1) is 18.0 Å². The number of para-hydroxylation sites is 1. The lowest BCUT2D eigenvalue weighted by Crippen LogP contribution is -2.65. The number of amides is 1. The maximum atomic E-state index is 12.3. The first kappa shape index (κ1) is 17.0. The van der Waals surface area contributed by atoms with Crippen LogP contribution in [0.1, 0.15) is 31.5 Å². The third-order valence-electron chi connectivity index (χ3n) is 5.57. The number of aromatic nitrogens is 2. The molecule has 2 aliphatic heterocycles. The molecule has 2 fully saturated rings. The monoisotopic (exact) mass is 356 g/mol. The van der Waals surface area contributed by atoms with E-state index in [1.165, 1.54) is 0 Å². The van der Waals surface area contributed by atoms with Crippen molar-refractivity contribution >= 4 is 16.8 Å². The molecule has 7 heteroatoms. The van der Waals surface area contributed by atoms with Crippen LogP contribution >= 0.6 is 0 Å². The molecule has 1 aromatic heterocycles. The highest BCUT2D eigenvalue weighted by Crippen LogP contribution is 2.31. The van der Waals surface area contributed by atoms with Crippen LogP contribution < -0.4 is 15.6 Å². The molecule has 138 valence electrons. The fraction of sp³-hybridized carbons (Fsp3) is 0.526. The van der Waals surface area contributed by atoms with Gasteiger partial charge < -0.3 is 19.9 Å². The Bertz CT molecular complexity index is 874. The first-order valence-corrected chi connectivity index (χ1v) is 9.18. The summed E-state index contributed by atoms with van der Waals surface area (Å²) in [5.41, 5.74) is 0.578. The van der Waals surface area contributed by atoms with Gasteiger partial charge in [0.1, 0.15) is 17.1 Å². The van der Waals surface area contributed by atoms with Crippen LogP contribution in [0.25, 0.3) is 10.9 Å². The third kappa shape index (κ3) is 3.19. The largest absolute Gasteiger partial charge is 0.494 e. The molecule has 1 spiro atoms. The summed E-state index contributed by atoms with van der Waals surface area (Å²) in [6.07, 6.45) is 4.40. The molecule has 7 nitrogen and oxygen atoms in total. The van der Waals surface area contributed by atoms with Crippen molar-refractivity contribution in [3.63, 3.8) is 0 Å². The number of ether oxygens (including phenoxy) is 1. The number of H-pyrrole nitrogens is 1. The van der Waals surface area contributed by atoms with Gasteiger partial charge in [-0.2, -0.15) is 0 Å². The number of nitrogens with zero attached hydrogens (tertiary/aromatic N) is 2. The Morgan fingerprint density at radius 3 is 2.73 bits per heavy atom. The molecule has 0 aliphatic carbocycles. The number of fused-ring (bicyclic) bond motifs is 1. The predicted octanol–water partition coefficient (Wildman–Crippen LogP) is 1.22. The first-order chi connectivity index (χ1) is 12.6. The number of carbonyl (C=O) groups is 1. The van der Waals surface area contributed by atoms with Gasteiger partial charge in [-0.1, -0.05) is 6.07 Å². The molecule has 0 radical (unpaired) electrons. The van der Waals surface area contributed by atoms with Gasteiger partial charge in [-0.05, 0) is 37.9 Å². The molecule has 1 amide bonds. The van der Waals surface area contributed by atoms with Crippen LogP contribution in [0.3, 0.4) is 0 Å². The van der Waals surface area contributed by atoms with Crippen molar-refractivity contribution < 1.29 is 9.53 Å². The Morgan fingerprint density at radius 1 is 1.27 bits per heavy atom. The van der Waals surface area contributed by atoms with Gasteiger partial charge in [0, 0.05) is 25.9 Å². The molecular weight excluding hydrogens is 332 g/mol. The van der Waals surface area contributed by atoms with E-state index in [9.17, 15) is 9.59 Å². The molecule has 2 saturated heterocycles. The topological polar surface area (TPSA) is 87.3 Å². The third-order valence-corrected chi connectivity index (χ3v) is 5.57. The Balaban J connectivity index is 1.35. The lowest BCUT2D eigenvalue weighted by molar-refractivity contribution is -0.134. The van der Waals surface area contributed by atoms with E-state index in [2.05, 4.69) is 20.2 Å². The fourth-order valence-electron chi connectivity index (χ4n) is 4.03. The van der Waals surface area contributed by atoms with Crippen molar-refractivity contribution in [3.05, 3.63) is 34.4 Å². The minimum Gasteiger partial charge on any atom is -0.494 e. The highest BCUT2D eigenvalue weighted by molar-refractivity contribution is 5.85. The van der Waals surface area contributed by atoms with Crippen LogP contribution in [0.5, 0.6) is 5.75 Å². The van der Waals surface area contributed by atoms with Crippen molar-refractivity contribution in [2.75, 3.05) is 26.7 Å². The molecule has 2 aliphatic rings. The molecular formula is C19H24N4O3. The van der Waals surface area contributed by atoms with Gasteiger partial charge in [-0.15, -0.1) is 0 Å². The van der Waals surface area contributed by atoms with Crippen LogP contribution in [0.4, 0.5) is 0 Å². The summed E-state index contributed by atoms with van der Waals surface area (Å²) >= 11 is 0. The smallest absolute Gasteiger partial charge is 0.258 e. The number of methoxy groups -OCH3 is 1. The van der Waals surface area contributed by atoms with Crippen LogP contribution in [0, 0.1) is 0 Å². The number of hydrogen-bond acceptors (Lipinski definition) is 5. The molecule has 3 heterocycles. The quantitative estimate of drug-likeness (QED) is 0.787. The fourth-order valence-corrected chi connectivity index (χ4v) is 4.03. The van der Waals surface area contributed by atoms with Gasteiger partial charge in [-0.25, -0.2) is 4.98 Å². The molecule has 0 atom stereocenters. The Morgan fingerprint density at radius 2 is 2.04 bits per heavy atom. The lowest BCUT2D eigenvalue weighted by atomic mass is 9.78. The Kier molecular flexibility index (Phi) is 4.40. The molecule has 2 N–H and O–H groups in total. The number of rotatable bonds is 5. The lowest BCUT2D eigenvalue weighted by Gasteiger charge is -2.47. The molecule has 26 heavy (non-hydrogen) atoms. The van der Waals surface area contributed by atoms with E-state index < -0.39 is 0 Å². The number of aryl methyl sites for hydroxylation is 1. The van der Waals surface area contributed by atoms with Crippen molar-refractivity contribution in [2.24, 2.45) is 0 Å². The molecule has 0 saturated carbocycles. The van der Waals surface area contributed by atoms with E-state index in [4.69, 9.17) is 4.74 Å². The highest BCUT2D eigenvalue weighted by Gasteiger charge is 2.44. The zero-order chi connectivity index (χ0) is 18.1. The molecule has 0 bridgehead atoms. The van der Waals surface area contributed by atoms with Gasteiger partial charge >= 0.3 is 0 Å². The summed E-state index contributed by atoms with van der Waals surface area (Å²) in [6.45, 7) is 2.99. The van der Waals surface area contributed by atoms with E-state index in [0.29, 0.717) is 28.9 Å². The van der Waals surface area contributed by atoms with E-state index in [1.807, 2.05) is 6.07 Å². The average molecular weight is 356 g/mol. The number of benzene rings is 1. The van der Waals surface area contributed by atoms with Gasteiger partial charge in [0.15, 0.2) is 0 Å². The van der Waals surface area contributed by atoms with Crippen molar-refractivity contribution in [3.8, 4) is 5.75 Å². The second-order valence-corrected chi connectivity index (χ2v) is 7.32. The van der Waals surface area contributed by atoms with Crippen LogP contribution in [-0.2, 0) is 11.2 Å². The number of nitrogens with one attached hydrogen (secondary N) is 2. The number of piperidine rings is 1. The summed E-state index contributed by atoms with van der Waals surface area (Å²) in [5.74, 6) is 1.51. The van der Waals surface area contributed by atoms with Gasteiger partial charge in [0.25, 0.3) is 5.56 Å². The Labute approximate surface area is 151 Å². The number of likely N-dealkylation sites (tertiary alicyclic amines) is 1. The minimum absolute atomic E-state index is 0.0786. The van der Waals surface area contributed by atoms with E-state index >= 15 is 0 Å². The van der Waals surface area contributed by atoms with E-state index in [-0.39, 0.29) is 17.0 Å². The maximum Gasteiger partial charge on any atom is 0.258 e. The minimum atomic E-state index is -0.121. The summed E-state index contributed by atoms with van der Waals surface area (Å²) in [7, 11) is 1.59. The van der Waals surface area contributed by atoms with Crippen LogP contribution in [0.2, 0.25) is 0 Å². The number of carbonyl (C=O) groups excluding carboxylic acids is 1. The SMILES string of the molecule is COc1cccc2c(=O)[nH]c(CCCN3CCC4(CC3)CC(=O)N4)nc12. The molecule has 1 aromatic carbocycles. The zero-order valence-electron chi connectivity index (χ0n) is 15.0. The van der Waals surface area contributed by atoms with Gasteiger partial charge in [-0.3, -0.25) is 9.59 Å².